The molecule has 2 heterocycles. The Labute approximate surface area is 203 Å². The second-order valence-electron chi connectivity index (χ2n) is 7.28. The zero-order chi connectivity index (χ0) is 21.5. The van der Waals surface area contributed by atoms with Gasteiger partial charge in [-0.05, 0) is 30.7 Å². The van der Waals surface area contributed by atoms with Crippen molar-refractivity contribution in [2.75, 3.05) is 57.2 Å². The zero-order valence-electron chi connectivity index (χ0n) is 18.1. The van der Waals surface area contributed by atoms with E-state index in [0.717, 1.165) is 65.3 Å². The number of halogens is 1. The fourth-order valence-corrected chi connectivity index (χ4v) is 5.27. The Bertz CT molecular complexity index is 997. The predicted molar refractivity (Wildman–Crippen MR) is 135 cm³/mol. The molecule has 1 amide bonds. The van der Waals surface area contributed by atoms with Crippen LogP contribution in [0.25, 0.3) is 10.2 Å². The molecule has 0 saturated carbocycles. The first-order chi connectivity index (χ1) is 15.2. The second-order valence-corrected chi connectivity index (χ2v) is 9.34. The van der Waals surface area contributed by atoms with Crippen LogP contribution in [0.4, 0.5) is 5.13 Å². The highest BCUT2D eigenvalue weighted by molar-refractivity contribution is 8.00. The molecule has 1 aliphatic heterocycles. The molecule has 172 valence electrons. The number of fused-ring (bicyclic) bond motifs is 1. The van der Waals surface area contributed by atoms with Gasteiger partial charge in [-0.15, -0.1) is 24.2 Å². The van der Waals surface area contributed by atoms with E-state index in [-0.39, 0.29) is 18.3 Å². The molecule has 0 spiro atoms. The number of rotatable bonds is 9. The van der Waals surface area contributed by atoms with Gasteiger partial charge in [-0.1, -0.05) is 29.5 Å². The largest absolute Gasteiger partial charge is 0.497 e. The van der Waals surface area contributed by atoms with Crippen LogP contribution in [0.3, 0.4) is 0 Å². The number of aromatic nitrogens is 1. The topological polar surface area (TPSA) is 54.9 Å². The fourth-order valence-electron chi connectivity index (χ4n) is 3.48. The highest BCUT2D eigenvalue weighted by Gasteiger charge is 2.21. The minimum atomic E-state index is 0. The quantitative estimate of drug-likeness (QED) is 0.407. The second kappa shape index (κ2) is 12.4. The molecular weight excluding hydrogens is 466 g/mol. The summed E-state index contributed by atoms with van der Waals surface area (Å²) in [5.74, 6) is 1.25. The first kappa shape index (κ1) is 24.8. The van der Waals surface area contributed by atoms with E-state index in [4.69, 9.17) is 14.5 Å². The fraction of sp³-hybridized carbons (Fsp3) is 0.391. The normalized spacial score (nSPS) is 14.2. The van der Waals surface area contributed by atoms with Gasteiger partial charge in [0.05, 0.1) is 36.3 Å². The van der Waals surface area contributed by atoms with E-state index >= 15 is 0 Å². The minimum absolute atomic E-state index is 0. The molecule has 1 saturated heterocycles. The van der Waals surface area contributed by atoms with Crippen molar-refractivity contribution in [3.8, 4) is 5.75 Å². The van der Waals surface area contributed by atoms with Gasteiger partial charge in [0.1, 0.15) is 5.75 Å². The lowest BCUT2D eigenvalue weighted by molar-refractivity contribution is -0.116. The van der Waals surface area contributed by atoms with Gasteiger partial charge in [-0.3, -0.25) is 14.6 Å². The van der Waals surface area contributed by atoms with Crippen molar-refractivity contribution in [3.63, 3.8) is 0 Å². The van der Waals surface area contributed by atoms with Gasteiger partial charge in [0, 0.05) is 37.1 Å². The number of anilines is 1. The molecule has 0 atom stereocenters. The van der Waals surface area contributed by atoms with Crippen LogP contribution in [-0.2, 0) is 9.53 Å². The molecule has 0 radical (unpaired) electrons. The first-order valence-electron chi connectivity index (χ1n) is 10.5. The van der Waals surface area contributed by atoms with Crippen LogP contribution in [0.2, 0.25) is 0 Å². The molecule has 2 aromatic carbocycles. The number of carbonyl (C=O) groups is 1. The SMILES string of the molecule is COc1ccc2sc(N(CCCN3CCOCC3)C(=O)CSc3ccccc3)nc2c1.Cl. The lowest BCUT2D eigenvalue weighted by Crippen LogP contribution is -2.39. The Hall–Kier alpha value is -1.84. The van der Waals surface area contributed by atoms with E-state index in [2.05, 4.69) is 4.90 Å². The van der Waals surface area contributed by atoms with E-state index in [1.54, 1.807) is 30.2 Å². The average molecular weight is 494 g/mol. The highest BCUT2D eigenvalue weighted by Crippen LogP contribution is 2.32. The first-order valence-corrected chi connectivity index (χ1v) is 12.3. The van der Waals surface area contributed by atoms with Crippen LogP contribution in [0.15, 0.2) is 53.4 Å². The molecule has 0 N–H and O–H groups in total. The average Bonchev–Trinajstić information content (AvgIpc) is 3.24. The Kier molecular flexibility index (Phi) is 9.62. The number of methoxy groups -OCH3 is 1. The summed E-state index contributed by atoms with van der Waals surface area (Å²) in [6, 6.07) is 15.9. The molecule has 1 fully saturated rings. The van der Waals surface area contributed by atoms with Gasteiger partial charge in [-0.2, -0.15) is 0 Å². The number of hydrogen-bond donors (Lipinski definition) is 0. The smallest absolute Gasteiger partial charge is 0.239 e. The van der Waals surface area contributed by atoms with Gasteiger partial charge in [0.25, 0.3) is 0 Å². The van der Waals surface area contributed by atoms with Crippen LogP contribution in [-0.4, -0.2) is 68.0 Å². The number of carbonyl (C=O) groups excluding carboxylic acids is 1. The summed E-state index contributed by atoms with van der Waals surface area (Å²) >= 11 is 3.12. The van der Waals surface area contributed by atoms with Crippen LogP contribution >= 0.6 is 35.5 Å². The summed E-state index contributed by atoms with van der Waals surface area (Å²) in [6.45, 7) is 5.10. The maximum atomic E-state index is 13.2. The third kappa shape index (κ3) is 6.59. The Morgan fingerprint density at radius 3 is 2.75 bits per heavy atom. The summed E-state index contributed by atoms with van der Waals surface area (Å²) in [5.41, 5.74) is 0.862. The molecule has 0 aliphatic carbocycles. The van der Waals surface area contributed by atoms with Crippen LogP contribution in [0.1, 0.15) is 6.42 Å². The zero-order valence-corrected chi connectivity index (χ0v) is 20.5. The monoisotopic (exact) mass is 493 g/mol. The van der Waals surface area contributed by atoms with Crippen molar-refractivity contribution in [3.05, 3.63) is 48.5 Å². The number of ether oxygens (including phenoxy) is 2. The lowest BCUT2D eigenvalue weighted by Gasteiger charge is -2.27. The Morgan fingerprint density at radius 1 is 1.22 bits per heavy atom. The molecule has 4 rings (SSSR count). The molecule has 9 heteroatoms. The van der Waals surface area contributed by atoms with Crippen LogP contribution in [0.5, 0.6) is 5.75 Å². The van der Waals surface area contributed by atoms with Crippen molar-refractivity contribution in [2.24, 2.45) is 0 Å². The number of thioether (sulfide) groups is 1. The van der Waals surface area contributed by atoms with Gasteiger partial charge in [0.15, 0.2) is 5.13 Å². The Balaban J connectivity index is 0.00000289. The van der Waals surface area contributed by atoms with Crippen LogP contribution in [0, 0.1) is 0 Å². The summed E-state index contributed by atoms with van der Waals surface area (Å²) in [4.78, 5) is 23.3. The summed E-state index contributed by atoms with van der Waals surface area (Å²) in [7, 11) is 1.65. The highest BCUT2D eigenvalue weighted by atomic mass is 35.5. The molecule has 1 aromatic heterocycles. The van der Waals surface area contributed by atoms with Gasteiger partial charge >= 0.3 is 0 Å². The number of morpholine rings is 1. The lowest BCUT2D eigenvalue weighted by atomic mass is 10.3. The van der Waals surface area contributed by atoms with Crippen molar-refractivity contribution in [1.29, 1.82) is 0 Å². The standard InChI is InChI=1S/C23H27N3O3S2.ClH/c1-28-18-8-9-21-20(16-18)24-23(31-21)26(11-5-10-25-12-14-29-15-13-25)22(27)17-30-19-6-3-2-4-7-19;/h2-4,6-9,16H,5,10-15,17H2,1H3;1H. The number of hydrogen-bond acceptors (Lipinski definition) is 7. The number of nitrogens with zero attached hydrogens (tertiary/aromatic N) is 3. The molecular formula is C23H28ClN3O3S2. The molecule has 32 heavy (non-hydrogen) atoms. The maximum absolute atomic E-state index is 13.2. The molecule has 6 nitrogen and oxygen atoms in total. The molecule has 0 unspecified atom stereocenters. The summed E-state index contributed by atoms with van der Waals surface area (Å²) in [6.07, 6.45) is 0.904. The van der Waals surface area contributed by atoms with Gasteiger partial charge in [-0.25, -0.2) is 4.98 Å². The number of amides is 1. The predicted octanol–water partition coefficient (Wildman–Crippen LogP) is 4.57. The Morgan fingerprint density at radius 2 is 2.00 bits per heavy atom. The van der Waals surface area contributed by atoms with E-state index in [9.17, 15) is 4.79 Å². The van der Waals surface area contributed by atoms with E-state index in [0.29, 0.717) is 12.3 Å². The number of thiazole rings is 1. The maximum Gasteiger partial charge on any atom is 0.239 e. The molecule has 1 aliphatic rings. The van der Waals surface area contributed by atoms with E-state index in [1.807, 2.05) is 53.4 Å². The summed E-state index contributed by atoms with van der Waals surface area (Å²) < 4.78 is 11.8. The molecule has 3 aromatic rings. The van der Waals surface area contributed by atoms with Crippen molar-refractivity contribution >= 4 is 56.8 Å². The van der Waals surface area contributed by atoms with Crippen LogP contribution < -0.4 is 9.64 Å². The third-order valence-corrected chi connectivity index (χ3v) is 7.24. The van der Waals surface area contributed by atoms with Crippen molar-refractivity contribution in [2.45, 2.75) is 11.3 Å². The van der Waals surface area contributed by atoms with Gasteiger partial charge < -0.3 is 9.47 Å². The van der Waals surface area contributed by atoms with E-state index in [1.165, 1.54) is 0 Å². The number of benzene rings is 2. The molecule has 0 bridgehead atoms. The minimum Gasteiger partial charge on any atom is -0.497 e. The summed E-state index contributed by atoms with van der Waals surface area (Å²) in [5, 5.41) is 0.754. The van der Waals surface area contributed by atoms with Gasteiger partial charge in [0.2, 0.25) is 5.91 Å². The van der Waals surface area contributed by atoms with Crippen molar-refractivity contribution < 1.29 is 14.3 Å². The van der Waals surface area contributed by atoms with E-state index < -0.39 is 0 Å². The van der Waals surface area contributed by atoms with Crippen molar-refractivity contribution in [1.82, 2.24) is 9.88 Å². The third-order valence-electron chi connectivity index (χ3n) is 5.18.